The van der Waals surface area contributed by atoms with E-state index in [0.29, 0.717) is 29.4 Å². The Bertz CT molecular complexity index is 1100. The van der Waals surface area contributed by atoms with Crippen LogP contribution in [0.2, 0.25) is 5.02 Å². The van der Waals surface area contributed by atoms with E-state index in [2.05, 4.69) is 10.6 Å². The van der Waals surface area contributed by atoms with Gasteiger partial charge in [-0.05, 0) is 60.4 Å². The summed E-state index contributed by atoms with van der Waals surface area (Å²) in [5, 5.41) is 6.24. The van der Waals surface area contributed by atoms with Crippen LogP contribution in [-0.2, 0) is 13.0 Å². The number of carbonyl (C=O) groups is 2. The van der Waals surface area contributed by atoms with E-state index in [9.17, 15) is 9.59 Å². The van der Waals surface area contributed by atoms with Gasteiger partial charge in [0, 0.05) is 35.1 Å². The first-order chi connectivity index (χ1) is 14.5. The van der Waals surface area contributed by atoms with Crippen LogP contribution in [0.5, 0.6) is 0 Å². The molecule has 0 radical (unpaired) electrons. The van der Waals surface area contributed by atoms with Gasteiger partial charge in [0.15, 0.2) is 0 Å². The number of benzene rings is 3. The molecule has 5 nitrogen and oxygen atoms in total. The number of amides is 3. The second-order valence-electron chi connectivity index (χ2n) is 7.31. The van der Waals surface area contributed by atoms with Crippen molar-refractivity contribution in [3.63, 3.8) is 0 Å². The van der Waals surface area contributed by atoms with Gasteiger partial charge in [-0.15, -0.1) is 0 Å². The van der Waals surface area contributed by atoms with Crippen molar-refractivity contribution in [1.29, 1.82) is 0 Å². The number of rotatable bonds is 4. The molecule has 30 heavy (non-hydrogen) atoms. The normalized spacial score (nSPS) is 12.4. The number of fused-ring (bicyclic) bond motifs is 1. The first kappa shape index (κ1) is 20.0. The van der Waals surface area contributed by atoms with E-state index in [1.165, 1.54) is 0 Å². The van der Waals surface area contributed by atoms with E-state index in [4.69, 9.17) is 11.6 Å². The maximum absolute atomic E-state index is 12.9. The van der Waals surface area contributed by atoms with Crippen LogP contribution in [0.4, 0.5) is 16.2 Å². The Hall–Kier alpha value is -3.31. The van der Waals surface area contributed by atoms with Crippen molar-refractivity contribution in [3.8, 4) is 0 Å². The molecule has 1 heterocycles. The summed E-state index contributed by atoms with van der Waals surface area (Å²) >= 11 is 6.10. The second kappa shape index (κ2) is 8.59. The molecule has 0 fully saturated rings. The Morgan fingerprint density at radius 2 is 1.83 bits per heavy atom. The highest BCUT2D eigenvalue weighted by atomic mass is 35.5. The largest absolute Gasteiger partial charge is 0.334 e. The molecule has 4 rings (SSSR count). The molecular formula is C24H22ClN3O2. The van der Waals surface area contributed by atoms with Gasteiger partial charge in [-0.3, -0.25) is 4.79 Å². The Morgan fingerprint density at radius 1 is 1.03 bits per heavy atom. The van der Waals surface area contributed by atoms with Crippen molar-refractivity contribution in [1.82, 2.24) is 5.32 Å². The minimum atomic E-state index is -0.312. The molecule has 0 spiro atoms. The average Bonchev–Trinajstić information content (AvgIpc) is 3.18. The summed E-state index contributed by atoms with van der Waals surface area (Å²) in [5.74, 6) is -0.00606. The first-order valence-corrected chi connectivity index (χ1v) is 10.2. The highest BCUT2D eigenvalue weighted by molar-refractivity contribution is 6.31. The molecule has 3 amide bonds. The van der Waals surface area contributed by atoms with Gasteiger partial charge in [0.25, 0.3) is 5.91 Å². The van der Waals surface area contributed by atoms with Gasteiger partial charge in [-0.25, -0.2) is 4.79 Å². The third-order valence-electron chi connectivity index (χ3n) is 5.19. The molecule has 1 aliphatic rings. The van der Waals surface area contributed by atoms with E-state index in [0.717, 1.165) is 28.8 Å². The molecule has 2 N–H and O–H groups in total. The predicted octanol–water partition coefficient (Wildman–Crippen LogP) is 5.17. The van der Waals surface area contributed by atoms with Crippen LogP contribution < -0.4 is 15.5 Å². The number of nitrogens with zero attached hydrogens (tertiary/aromatic N) is 1. The molecule has 3 aromatic carbocycles. The fourth-order valence-electron chi connectivity index (χ4n) is 3.51. The molecule has 152 valence electrons. The van der Waals surface area contributed by atoms with E-state index < -0.39 is 0 Å². The van der Waals surface area contributed by atoms with Crippen LogP contribution in [0.15, 0.2) is 66.7 Å². The van der Waals surface area contributed by atoms with Crippen molar-refractivity contribution in [2.45, 2.75) is 19.9 Å². The molecule has 0 unspecified atom stereocenters. The van der Waals surface area contributed by atoms with Crippen LogP contribution in [0.25, 0.3) is 0 Å². The molecule has 3 aromatic rings. The molecule has 0 saturated carbocycles. The van der Waals surface area contributed by atoms with E-state index in [1.54, 1.807) is 6.07 Å². The number of aryl methyl sites for hydroxylation is 1. The highest BCUT2D eigenvalue weighted by Gasteiger charge is 2.25. The summed E-state index contributed by atoms with van der Waals surface area (Å²) < 4.78 is 0. The number of halogens is 1. The van der Waals surface area contributed by atoms with Crippen molar-refractivity contribution in [2.24, 2.45) is 0 Å². The van der Waals surface area contributed by atoms with Gasteiger partial charge >= 0.3 is 6.03 Å². The summed E-state index contributed by atoms with van der Waals surface area (Å²) in [5.41, 5.74) is 5.24. The lowest BCUT2D eigenvalue weighted by atomic mass is 10.1. The molecule has 0 bridgehead atoms. The zero-order chi connectivity index (χ0) is 21.1. The lowest BCUT2D eigenvalue weighted by Gasteiger charge is -2.18. The molecule has 0 atom stereocenters. The summed E-state index contributed by atoms with van der Waals surface area (Å²) in [4.78, 5) is 26.9. The predicted molar refractivity (Wildman–Crippen MR) is 120 cm³/mol. The van der Waals surface area contributed by atoms with Crippen LogP contribution in [0.3, 0.4) is 0 Å². The third kappa shape index (κ3) is 4.31. The van der Waals surface area contributed by atoms with Gasteiger partial charge in [-0.2, -0.15) is 0 Å². The van der Waals surface area contributed by atoms with Crippen molar-refractivity contribution >= 4 is 34.9 Å². The number of urea groups is 1. The number of anilines is 2. The zero-order valence-electron chi connectivity index (χ0n) is 16.6. The minimum Gasteiger partial charge on any atom is -0.334 e. The molecule has 0 aliphatic carbocycles. The third-order valence-corrected chi connectivity index (χ3v) is 5.60. The maximum Gasteiger partial charge on any atom is 0.319 e. The molecule has 0 saturated heterocycles. The van der Waals surface area contributed by atoms with Gasteiger partial charge in [-0.1, -0.05) is 48.0 Å². The maximum atomic E-state index is 12.9. The van der Waals surface area contributed by atoms with Crippen LogP contribution in [0.1, 0.15) is 27.0 Å². The number of carbonyl (C=O) groups excluding carboxylic acids is 2. The second-order valence-corrected chi connectivity index (χ2v) is 7.71. The lowest BCUT2D eigenvalue weighted by Crippen LogP contribution is -2.29. The fourth-order valence-corrected chi connectivity index (χ4v) is 3.69. The summed E-state index contributed by atoms with van der Waals surface area (Å²) in [7, 11) is 0. The van der Waals surface area contributed by atoms with E-state index >= 15 is 0 Å². The number of hydrogen-bond acceptors (Lipinski definition) is 2. The summed E-state index contributed by atoms with van der Waals surface area (Å²) in [6.45, 7) is 2.92. The van der Waals surface area contributed by atoms with E-state index in [1.807, 2.05) is 72.5 Å². The Morgan fingerprint density at radius 3 is 2.60 bits per heavy atom. The van der Waals surface area contributed by atoms with Crippen LogP contribution >= 0.6 is 11.6 Å². The Balaban J connectivity index is 1.42. The molecule has 6 heteroatoms. The lowest BCUT2D eigenvalue weighted by molar-refractivity contribution is 0.0989. The van der Waals surface area contributed by atoms with Crippen molar-refractivity contribution < 1.29 is 9.59 Å². The van der Waals surface area contributed by atoms with E-state index in [-0.39, 0.29) is 11.9 Å². The van der Waals surface area contributed by atoms with Crippen molar-refractivity contribution in [2.75, 3.05) is 16.8 Å². The van der Waals surface area contributed by atoms with Gasteiger partial charge in [0.05, 0.1) is 0 Å². The van der Waals surface area contributed by atoms with Crippen LogP contribution in [0, 0.1) is 6.92 Å². The standard InChI is InChI=1S/C24H22ClN3O2/c1-16-7-10-20(14-21(16)25)27-24(30)26-15-17-8-9-18-11-12-28(22(18)13-17)23(29)19-5-3-2-4-6-19/h2-10,13-14H,11-12,15H2,1H3,(H2,26,27,30). The SMILES string of the molecule is Cc1ccc(NC(=O)NCc2ccc3c(c2)N(C(=O)c2ccccc2)CC3)cc1Cl. The van der Waals surface area contributed by atoms with Gasteiger partial charge < -0.3 is 15.5 Å². The molecular weight excluding hydrogens is 398 g/mol. The Labute approximate surface area is 180 Å². The minimum absolute atomic E-state index is 0.00606. The quantitative estimate of drug-likeness (QED) is 0.612. The van der Waals surface area contributed by atoms with Gasteiger partial charge in [0.1, 0.15) is 0 Å². The number of nitrogens with one attached hydrogen (secondary N) is 2. The number of hydrogen-bond donors (Lipinski definition) is 2. The Kier molecular flexibility index (Phi) is 5.72. The first-order valence-electron chi connectivity index (χ1n) is 9.81. The van der Waals surface area contributed by atoms with Gasteiger partial charge in [0.2, 0.25) is 0 Å². The van der Waals surface area contributed by atoms with Crippen molar-refractivity contribution in [3.05, 3.63) is 94.0 Å². The summed E-state index contributed by atoms with van der Waals surface area (Å²) in [6.07, 6.45) is 0.830. The highest BCUT2D eigenvalue weighted by Crippen LogP contribution is 2.30. The smallest absolute Gasteiger partial charge is 0.319 e. The van der Waals surface area contributed by atoms with Crippen LogP contribution in [-0.4, -0.2) is 18.5 Å². The average molecular weight is 420 g/mol. The monoisotopic (exact) mass is 419 g/mol. The summed E-state index contributed by atoms with van der Waals surface area (Å²) in [6, 6.07) is 20.3. The molecule has 1 aliphatic heterocycles. The fraction of sp³-hybridized carbons (Fsp3) is 0.167. The topological polar surface area (TPSA) is 61.4 Å². The zero-order valence-corrected chi connectivity index (χ0v) is 17.4. The molecule has 0 aromatic heterocycles.